The Hall–Kier alpha value is -4.01. The van der Waals surface area contributed by atoms with Crippen molar-refractivity contribution in [3.8, 4) is 23.1 Å². The number of aliphatic carboxylic acids is 1. The molecule has 1 unspecified atom stereocenters. The van der Waals surface area contributed by atoms with Crippen molar-refractivity contribution >= 4 is 11.9 Å². The first-order valence-corrected chi connectivity index (χ1v) is 8.78. The second-order valence-corrected chi connectivity index (χ2v) is 6.34. The maximum absolute atomic E-state index is 12.7. The molecule has 0 saturated heterocycles. The average Bonchev–Trinajstić information content (AvgIpc) is 3.34. The molecule has 2 aromatic carbocycles. The molecule has 0 bridgehead atoms. The van der Waals surface area contributed by atoms with E-state index in [4.69, 9.17) is 9.47 Å². The van der Waals surface area contributed by atoms with Crippen molar-refractivity contribution < 1.29 is 29.3 Å². The van der Waals surface area contributed by atoms with Gasteiger partial charge in [-0.2, -0.15) is 5.10 Å². The third kappa shape index (κ3) is 3.70. The van der Waals surface area contributed by atoms with Gasteiger partial charge in [0.25, 0.3) is 5.91 Å². The maximum atomic E-state index is 12.7. The second kappa shape index (κ2) is 7.55. The van der Waals surface area contributed by atoms with Crippen LogP contribution in [-0.2, 0) is 4.79 Å². The Labute approximate surface area is 165 Å². The number of benzene rings is 2. The van der Waals surface area contributed by atoms with E-state index >= 15 is 0 Å². The maximum Gasteiger partial charge on any atom is 0.305 e. The molecular formula is C20H17N3O6. The number of carboxylic acids is 1. The molecule has 4 rings (SSSR count). The summed E-state index contributed by atoms with van der Waals surface area (Å²) < 4.78 is 12.0. The SMILES string of the molecule is O=C(O)CC(NC(=O)c1cc(O)n(-c2ccccc2)n1)c1cccc2c1OCO2. The number of aromatic nitrogens is 2. The van der Waals surface area contributed by atoms with Gasteiger partial charge in [-0.3, -0.25) is 9.59 Å². The number of fused-ring (bicyclic) bond motifs is 1. The Morgan fingerprint density at radius 2 is 1.93 bits per heavy atom. The lowest BCUT2D eigenvalue weighted by Crippen LogP contribution is -2.30. The summed E-state index contributed by atoms with van der Waals surface area (Å²) in [6, 6.07) is 14.2. The number of aromatic hydroxyl groups is 1. The molecule has 1 aromatic heterocycles. The van der Waals surface area contributed by atoms with Crippen LogP contribution in [0.2, 0.25) is 0 Å². The Morgan fingerprint density at radius 1 is 1.14 bits per heavy atom. The summed E-state index contributed by atoms with van der Waals surface area (Å²) in [6.45, 7) is 0.0233. The number of para-hydroxylation sites is 2. The summed E-state index contributed by atoms with van der Waals surface area (Å²) >= 11 is 0. The van der Waals surface area contributed by atoms with Crippen molar-refractivity contribution in [3.05, 3.63) is 65.9 Å². The molecule has 0 fully saturated rings. The summed E-state index contributed by atoms with van der Waals surface area (Å²) in [5.41, 5.74) is 1.02. The van der Waals surface area contributed by atoms with E-state index in [0.717, 1.165) is 0 Å². The van der Waals surface area contributed by atoms with Crippen LogP contribution in [0.4, 0.5) is 0 Å². The van der Waals surface area contributed by atoms with Crippen LogP contribution in [0.3, 0.4) is 0 Å². The van der Waals surface area contributed by atoms with E-state index in [-0.39, 0.29) is 24.8 Å². The van der Waals surface area contributed by atoms with Gasteiger partial charge in [-0.05, 0) is 18.2 Å². The molecule has 148 valence electrons. The summed E-state index contributed by atoms with van der Waals surface area (Å²) in [6.07, 6.45) is -0.364. The standard InChI is InChI=1S/C20H17N3O6/c24-17-9-15(22-23(17)12-5-2-1-3-6-12)20(27)21-14(10-18(25)26)13-7-4-8-16-19(13)29-11-28-16/h1-9,14,24H,10-11H2,(H,21,27)(H,25,26). The van der Waals surface area contributed by atoms with Crippen molar-refractivity contribution in [1.82, 2.24) is 15.1 Å². The highest BCUT2D eigenvalue weighted by atomic mass is 16.7. The van der Waals surface area contributed by atoms with E-state index in [0.29, 0.717) is 22.7 Å². The minimum Gasteiger partial charge on any atom is -0.493 e. The first-order valence-electron chi connectivity index (χ1n) is 8.78. The lowest BCUT2D eigenvalue weighted by atomic mass is 10.0. The van der Waals surface area contributed by atoms with E-state index < -0.39 is 17.9 Å². The molecular weight excluding hydrogens is 378 g/mol. The lowest BCUT2D eigenvalue weighted by molar-refractivity contribution is -0.137. The van der Waals surface area contributed by atoms with Crippen molar-refractivity contribution in [2.24, 2.45) is 0 Å². The fourth-order valence-corrected chi connectivity index (χ4v) is 3.11. The molecule has 1 aliphatic rings. The highest BCUT2D eigenvalue weighted by molar-refractivity contribution is 5.93. The number of amides is 1. The monoisotopic (exact) mass is 395 g/mol. The fraction of sp³-hybridized carbons (Fsp3) is 0.150. The summed E-state index contributed by atoms with van der Waals surface area (Å²) in [4.78, 5) is 24.1. The number of carboxylic acid groups (broad SMARTS) is 1. The number of carbonyl (C=O) groups is 2. The van der Waals surface area contributed by atoms with E-state index in [1.54, 1.807) is 42.5 Å². The molecule has 1 aliphatic heterocycles. The van der Waals surface area contributed by atoms with Gasteiger partial charge in [0.15, 0.2) is 17.2 Å². The molecule has 9 nitrogen and oxygen atoms in total. The van der Waals surface area contributed by atoms with Crippen molar-refractivity contribution in [3.63, 3.8) is 0 Å². The van der Waals surface area contributed by atoms with Gasteiger partial charge in [0, 0.05) is 11.6 Å². The van der Waals surface area contributed by atoms with Crippen molar-refractivity contribution in [1.29, 1.82) is 0 Å². The molecule has 2 heterocycles. The Morgan fingerprint density at radius 3 is 2.69 bits per heavy atom. The first kappa shape index (κ1) is 18.4. The number of nitrogens with zero attached hydrogens (tertiary/aromatic N) is 2. The second-order valence-electron chi connectivity index (χ2n) is 6.34. The van der Waals surface area contributed by atoms with Gasteiger partial charge in [-0.1, -0.05) is 30.3 Å². The lowest BCUT2D eigenvalue weighted by Gasteiger charge is -2.18. The molecule has 0 spiro atoms. The van der Waals surface area contributed by atoms with E-state index in [2.05, 4.69) is 10.4 Å². The number of nitrogens with one attached hydrogen (secondary N) is 1. The minimum absolute atomic E-state index is 0.0233. The van der Waals surface area contributed by atoms with E-state index in [1.165, 1.54) is 10.7 Å². The van der Waals surface area contributed by atoms with Crippen LogP contribution < -0.4 is 14.8 Å². The molecule has 1 atom stereocenters. The van der Waals surface area contributed by atoms with Crippen molar-refractivity contribution in [2.45, 2.75) is 12.5 Å². The zero-order valence-electron chi connectivity index (χ0n) is 15.1. The van der Waals surface area contributed by atoms with E-state index in [1.807, 2.05) is 6.07 Å². The number of hydrogen-bond donors (Lipinski definition) is 3. The molecule has 3 N–H and O–H groups in total. The zero-order chi connectivity index (χ0) is 20.4. The Bertz CT molecular complexity index is 1060. The van der Waals surface area contributed by atoms with E-state index in [9.17, 15) is 19.8 Å². The molecule has 1 amide bonds. The summed E-state index contributed by atoms with van der Waals surface area (Å²) in [7, 11) is 0. The number of ether oxygens (including phenoxy) is 2. The predicted molar refractivity (Wildman–Crippen MR) is 100 cm³/mol. The van der Waals surface area contributed by atoms with Gasteiger partial charge in [-0.15, -0.1) is 0 Å². The highest BCUT2D eigenvalue weighted by Gasteiger charge is 2.27. The largest absolute Gasteiger partial charge is 0.493 e. The molecule has 0 radical (unpaired) electrons. The van der Waals surface area contributed by atoms with Crippen LogP contribution in [0.5, 0.6) is 17.4 Å². The Balaban J connectivity index is 1.61. The third-order valence-electron chi connectivity index (χ3n) is 4.41. The predicted octanol–water partition coefficient (Wildman–Crippen LogP) is 2.25. The molecule has 29 heavy (non-hydrogen) atoms. The molecule has 9 heteroatoms. The third-order valence-corrected chi connectivity index (χ3v) is 4.41. The molecule has 3 aromatic rings. The summed E-state index contributed by atoms with van der Waals surface area (Å²) in [5, 5.41) is 26.2. The molecule has 0 saturated carbocycles. The average molecular weight is 395 g/mol. The van der Waals surface area contributed by atoms with Crippen LogP contribution in [0.1, 0.15) is 28.5 Å². The van der Waals surface area contributed by atoms with Gasteiger partial charge < -0.3 is 25.0 Å². The van der Waals surface area contributed by atoms with Gasteiger partial charge in [-0.25, -0.2) is 4.68 Å². The van der Waals surface area contributed by atoms with Crippen LogP contribution in [-0.4, -0.2) is 38.7 Å². The van der Waals surface area contributed by atoms with Crippen LogP contribution in [0, 0.1) is 0 Å². The Kier molecular flexibility index (Phi) is 4.78. The topological polar surface area (TPSA) is 123 Å². The van der Waals surface area contributed by atoms with Gasteiger partial charge >= 0.3 is 5.97 Å². The first-order chi connectivity index (χ1) is 14.0. The minimum atomic E-state index is -1.09. The van der Waals surface area contributed by atoms with Gasteiger partial charge in [0.2, 0.25) is 12.7 Å². The quantitative estimate of drug-likeness (QED) is 0.585. The van der Waals surface area contributed by atoms with Crippen LogP contribution >= 0.6 is 0 Å². The molecule has 0 aliphatic carbocycles. The number of carbonyl (C=O) groups excluding carboxylic acids is 1. The zero-order valence-corrected chi connectivity index (χ0v) is 15.1. The van der Waals surface area contributed by atoms with Gasteiger partial charge in [0.1, 0.15) is 0 Å². The normalized spacial score (nSPS) is 13.1. The van der Waals surface area contributed by atoms with Crippen molar-refractivity contribution in [2.75, 3.05) is 6.79 Å². The number of rotatable bonds is 6. The summed E-state index contributed by atoms with van der Waals surface area (Å²) in [5.74, 6) is -1.05. The smallest absolute Gasteiger partial charge is 0.305 e. The van der Waals surface area contributed by atoms with Crippen LogP contribution in [0.15, 0.2) is 54.6 Å². The van der Waals surface area contributed by atoms with Crippen LogP contribution in [0.25, 0.3) is 5.69 Å². The highest BCUT2D eigenvalue weighted by Crippen LogP contribution is 2.39. The number of hydrogen-bond acceptors (Lipinski definition) is 6. The fourth-order valence-electron chi connectivity index (χ4n) is 3.11. The van der Waals surface area contributed by atoms with Gasteiger partial charge in [0.05, 0.1) is 18.2 Å².